The van der Waals surface area contributed by atoms with E-state index in [1.54, 1.807) is 55.6 Å². The first-order valence-corrected chi connectivity index (χ1v) is 9.59. The number of carbonyl (C=O) groups is 1. The van der Waals surface area contributed by atoms with E-state index < -0.39 is 5.82 Å². The van der Waals surface area contributed by atoms with Crippen molar-refractivity contribution < 1.29 is 28.6 Å². The van der Waals surface area contributed by atoms with Gasteiger partial charge in [0.05, 0.1) is 18.0 Å². The fourth-order valence-electron chi connectivity index (χ4n) is 2.65. The van der Waals surface area contributed by atoms with E-state index in [1.807, 2.05) is 0 Å². The van der Waals surface area contributed by atoms with Gasteiger partial charge >= 0.3 is 5.95 Å². The van der Waals surface area contributed by atoms with Gasteiger partial charge in [0, 0.05) is 12.8 Å². The molecule has 0 saturated carbocycles. The van der Waals surface area contributed by atoms with E-state index in [0.717, 1.165) is 12.3 Å². The maximum atomic E-state index is 14.4. The Kier molecular flexibility index (Phi) is 7.55. The van der Waals surface area contributed by atoms with Crippen LogP contribution in [0.2, 0.25) is 0 Å². The van der Waals surface area contributed by atoms with Crippen molar-refractivity contribution in [2.45, 2.75) is 0 Å². The zero-order valence-electron chi connectivity index (χ0n) is 17.3. The van der Waals surface area contributed by atoms with Crippen LogP contribution in [0.4, 0.5) is 33.2 Å². The maximum absolute atomic E-state index is 14.4. The Morgan fingerprint density at radius 1 is 1.16 bits per heavy atom. The molecule has 0 aliphatic heterocycles. The second-order valence-corrected chi connectivity index (χ2v) is 6.48. The van der Waals surface area contributed by atoms with Gasteiger partial charge < -0.3 is 20.0 Å². The topological polar surface area (TPSA) is 109 Å². The zero-order chi connectivity index (χ0) is 22.9. The van der Waals surface area contributed by atoms with Crippen LogP contribution in [0.1, 0.15) is 0 Å². The van der Waals surface area contributed by atoms with E-state index in [9.17, 15) is 14.4 Å². The first kappa shape index (κ1) is 22.5. The van der Waals surface area contributed by atoms with Crippen molar-refractivity contribution in [2.24, 2.45) is 0 Å². The van der Waals surface area contributed by atoms with Gasteiger partial charge in [-0.1, -0.05) is 12.6 Å². The molecule has 32 heavy (non-hydrogen) atoms. The van der Waals surface area contributed by atoms with Crippen molar-refractivity contribution in [2.75, 3.05) is 36.3 Å². The number of aromatic nitrogens is 2. The highest BCUT2D eigenvalue weighted by Gasteiger charge is 2.21. The Hall–Kier alpha value is -4.18. The summed E-state index contributed by atoms with van der Waals surface area (Å²) in [5, 5.41) is 18.8. The summed E-state index contributed by atoms with van der Waals surface area (Å²) in [5.74, 6) is -0.758. The van der Waals surface area contributed by atoms with Gasteiger partial charge in [-0.15, -0.1) is 4.98 Å². The highest BCUT2D eigenvalue weighted by atomic mass is 19.1. The molecular formula is C22H23FN5O4+. The highest BCUT2D eigenvalue weighted by Crippen LogP contribution is 2.22. The molecule has 0 fully saturated rings. The Bertz CT molecular complexity index is 1090. The van der Waals surface area contributed by atoms with Crippen LogP contribution in [0.25, 0.3) is 0 Å². The minimum absolute atomic E-state index is 0.0157. The normalized spacial score (nSPS) is 10.3. The predicted molar refractivity (Wildman–Crippen MR) is 117 cm³/mol. The van der Waals surface area contributed by atoms with Crippen LogP contribution in [0.15, 0.2) is 67.4 Å². The molecule has 0 aliphatic carbocycles. The summed E-state index contributed by atoms with van der Waals surface area (Å²) in [4.78, 5) is 15.4. The number of nitrogens with one attached hydrogen (secondary N) is 3. The molecule has 10 heteroatoms. The largest absolute Gasteiger partial charge is 0.491 e. The lowest BCUT2D eigenvalue weighted by Crippen LogP contribution is -2.38. The number of methoxy groups -OCH3 is 1. The van der Waals surface area contributed by atoms with E-state index >= 15 is 0 Å². The Morgan fingerprint density at radius 2 is 1.91 bits per heavy atom. The van der Waals surface area contributed by atoms with Gasteiger partial charge in [-0.2, -0.15) is 4.39 Å². The third-order valence-corrected chi connectivity index (χ3v) is 4.18. The van der Waals surface area contributed by atoms with E-state index in [4.69, 9.17) is 9.47 Å². The summed E-state index contributed by atoms with van der Waals surface area (Å²) in [6.45, 7) is 4.30. The number of anilines is 5. The molecule has 0 saturated heterocycles. The molecule has 0 aliphatic rings. The fraction of sp³-hybridized carbons (Fsp3) is 0.136. The average molecular weight is 440 g/mol. The molecular weight excluding hydrogens is 417 g/mol. The highest BCUT2D eigenvalue weighted by molar-refractivity contribution is 5.99. The van der Waals surface area contributed by atoms with Crippen molar-refractivity contribution in [1.82, 2.24) is 4.98 Å². The van der Waals surface area contributed by atoms with Crippen molar-refractivity contribution in [3.8, 4) is 5.75 Å². The Balaban J connectivity index is 1.75. The summed E-state index contributed by atoms with van der Waals surface area (Å²) in [6, 6.07) is 13.5. The number of rotatable bonds is 10. The monoisotopic (exact) mass is 440 g/mol. The second-order valence-electron chi connectivity index (χ2n) is 6.48. The van der Waals surface area contributed by atoms with E-state index in [2.05, 4.69) is 27.5 Å². The molecule has 3 rings (SSSR count). The summed E-state index contributed by atoms with van der Waals surface area (Å²) in [6.07, 6.45) is 2.11. The quantitative estimate of drug-likeness (QED) is 0.166. The molecule has 9 nitrogen and oxygen atoms in total. The second kappa shape index (κ2) is 10.7. The molecule has 0 spiro atoms. The third kappa shape index (κ3) is 5.92. The number of ether oxygens (including phenoxy) is 2. The predicted octanol–water partition coefficient (Wildman–Crippen LogP) is 3.38. The molecule has 1 aromatic heterocycles. The van der Waals surface area contributed by atoms with Crippen molar-refractivity contribution in [3.05, 3.63) is 73.2 Å². The van der Waals surface area contributed by atoms with Gasteiger partial charge in [-0.05, 0) is 53.3 Å². The SMILES string of the molecule is C=CC(=O)Nc1cccc(Nc2c(F)cnc(Nc3ccc(OCCOC)cc3)[n+]2O)c1. The summed E-state index contributed by atoms with van der Waals surface area (Å²) >= 11 is 0. The summed E-state index contributed by atoms with van der Waals surface area (Å²) in [5.41, 5.74) is 1.51. The van der Waals surface area contributed by atoms with Crippen molar-refractivity contribution >= 4 is 34.7 Å². The smallest absolute Gasteiger partial charge is 0.388 e. The third-order valence-electron chi connectivity index (χ3n) is 4.18. The molecule has 3 aromatic rings. The van der Waals surface area contributed by atoms with Crippen LogP contribution >= 0.6 is 0 Å². The number of amides is 1. The number of carbonyl (C=O) groups excluding carboxylic acids is 1. The number of halogens is 1. The number of hydrogen-bond acceptors (Lipinski definition) is 7. The summed E-state index contributed by atoms with van der Waals surface area (Å²) in [7, 11) is 1.59. The molecule has 0 unspecified atom stereocenters. The van der Waals surface area contributed by atoms with E-state index in [1.165, 1.54) is 0 Å². The number of nitrogens with zero attached hydrogens (tertiary/aromatic N) is 2. The molecule has 1 heterocycles. The van der Waals surface area contributed by atoms with E-state index in [-0.39, 0.29) is 17.7 Å². The standard InChI is InChI=1S/C22H22FN5O4/c1-3-20(29)25-16-5-4-6-17(13-16)26-21-19(23)14-24-22(28(21)30)27-15-7-9-18(10-8-15)32-12-11-31-2/h3-10,13-14,30H,1,11-12H2,2H3,(H2,24,25,26,27,29)/p+1. The molecule has 4 N–H and O–H groups in total. The van der Waals surface area contributed by atoms with Gasteiger partial charge in [0.2, 0.25) is 11.7 Å². The lowest BCUT2D eigenvalue weighted by atomic mass is 10.2. The lowest BCUT2D eigenvalue weighted by Gasteiger charge is -2.10. The minimum atomic E-state index is -0.777. The molecule has 2 aromatic carbocycles. The van der Waals surface area contributed by atoms with Gasteiger partial charge in [-0.25, -0.2) is 0 Å². The van der Waals surface area contributed by atoms with Crippen LogP contribution in [0.5, 0.6) is 5.75 Å². The van der Waals surface area contributed by atoms with Crippen LogP contribution in [-0.2, 0) is 9.53 Å². The molecule has 0 bridgehead atoms. The van der Waals surface area contributed by atoms with Gasteiger partial charge in [0.25, 0.3) is 5.82 Å². The lowest BCUT2D eigenvalue weighted by molar-refractivity contribution is -0.884. The Labute approximate surface area is 184 Å². The Morgan fingerprint density at radius 3 is 2.62 bits per heavy atom. The zero-order valence-corrected chi connectivity index (χ0v) is 17.3. The molecule has 0 atom stereocenters. The van der Waals surface area contributed by atoms with Crippen molar-refractivity contribution in [1.29, 1.82) is 0 Å². The van der Waals surface area contributed by atoms with E-state index in [0.29, 0.717) is 40.8 Å². The first-order chi connectivity index (χ1) is 15.5. The van der Waals surface area contributed by atoms with Crippen LogP contribution in [-0.4, -0.2) is 36.4 Å². The van der Waals surface area contributed by atoms with Crippen LogP contribution in [0.3, 0.4) is 0 Å². The van der Waals surface area contributed by atoms with Crippen molar-refractivity contribution in [3.63, 3.8) is 0 Å². The molecule has 166 valence electrons. The van der Waals surface area contributed by atoms with Gasteiger partial charge in [-0.3, -0.25) is 15.4 Å². The summed E-state index contributed by atoms with van der Waals surface area (Å²) < 4.78 is 25.4. The molecule has 1 amide bonds. The van der Waals surface area contributed by atoms with Crippen LogP contribution < -0.4 is 25.4 Å². The molecule has 0 radical (unpaired) electrons. The van der Waals surface area contributed by atoms with Gasteiger partial charge in [0.1, 0.15) is 18.6 Å². The minimum Gasteiger partial charge on any atom is -0.491 e. The van der Waals surface area contributed by atoms with Crippen LogP contribution in [0, 0.1) is 5.82 Å². The average Bonchev–Trinajstić information content (AvgIpc) is 2.80. The number of benzene rings is 2. The van der Waals surface area contributed by atoms with Gasteiger partial charge in [0.15, 0.2) is 0 Å². The first-order valence-electron chi connectivity index (χ1n) is 9.59. The fourth-order valence-corrected chi connectivity index (χ4v) is 2.65. The maximum Gasteiger partial charge on any atom is 0.388 e. The number of hydrogen-bond donors (Lipinski definition) is 4.